The van der Waals surface area contributed by atoms with E-state index in [1.165, 1.54) is 0 Å². The second-order valence-electron chi connectivity index (χ2n) is 11.8. The van der Waals surface area contributed by atoms with Gasteiger partial charge in [-0.3, -0.25) is 0 Å². The Morgan fingerprint density at radius 2 is 0.875 bits per heavy atom. The van der Waals surface area contributed by atoms with Gasteiger partial charge in [0.05, 0.1) is 12.2 Å². The molecule has 2 amide bonds. The number of aliphatic hydroxyl groups excluding tert-OH is 2. The van der Waals surface area contributed by atoms with Gasteiger partial charge < -0.3 is 29.5 Å². The molecule has 4 heterocycles. The zero-order valence-electron chi connectivity index (χ0n) is 20.5. The van der Waals surface area contributed by atoms with Crippen molar-refractivity contribution in [1.82, 2.24) is 9.80 Å². The van der Waals surface area contributed by atoms with Crippen LogP contribution in [0.1, 0.15) is 92.9 Å². The molecule has 2 N–H and O–H groups in total. The number of ether oxygens (including phenoxy) is 2. The maximum absolute atomic E-state index is 12.0. The Labute approximate surface area is 192 Å². The zero-order valence-corrected chi connectivity index (χ0v) is 20.5. The van der Waals surface area contributed by atoms with Crippen molar-refractivity contribution in [3.8, 4) is 0 Å². The Morgan fingerprint density at radius 1 is 0.625 bits per heavy atom. The van der Waals surface area contributed by atoms with Gasteiger partial charge >= 0.3 is 12.2 Å². The van der Waals surface area contributed by atoms with Gasteiger partial charge in [0.1, 0.15) is 11.2 Å². The van der Waals surface area contributed by atoms with Crippen LogP contribution in [-0.4, -0.2) is 79.8 Å². The zero-order chi connectivity index (χ0) is 23.8. The van der Waals surface area contributed by atoms with E-state index in [1.807, 2.05) is 51.3 Å². The maximum Gasteiger partial charge on any atom is 0.410 e. The van der Waals surface area contributed by atoms with Gasteiger partial charge in [0.25, 0.3) is 0 Å². The molecule has 8 heteroatoms. The number of hydrogen-bond donors (Lipinski definition) is 2. The summed E-state index contributed by atoms with van der Waals surface area (Å²) in [6, 6.07) is 0.736. The standard InChI is InChI=1S/2C12H21NO3/c2*1-12(2,3)16-11(15)13-8-4-5-9(13)7-10(14)6-8/h2*8-10,14H,4-7H2,1-3H3/t2*8-,9+,10?. The molecule has 0 aliphatic carbocycles. The summed E-state index contributed by atoms with van der Waals surface area (Å²) in [4.78, 5) is 27.7. The number of hydrogen-bond acceptors (Lipinski definition) is 6. The molecule has 4 aliphatic heterocycles. The Bertz CT molecular complexity index is 599. The lowest BCUT2D eigenvalue weighted by Gasteiger charge is -2.37. The fraction of sp³-hybridized carbons (Fsp3) is 0.917. The average Bonchev–Trinajstić information content (AvgIpc) is 3.04. The Morgan fingerprint density at radius 3 is 1.09 bits per heavy atom. The van der Waals surface area contributed by atoms with Crippen LogP contribution in [0.15, 0.2) is 0 Å². The van der Waals surface area contributed by atoms with Crippen molar-refractivity contribution in [3.05, 3.63) is 0 Å². The van der Waals surface area contributed by atoms with Gasteiger partial charge in [0, 0.05) is 24.2 Å². The summed E-state index contributed by atoms with van der Waals surface area (Å²) in [5.41, 5.74) is -0.876. The number of carbonyl (C=O) groups excluding carboxylic acids is 2. The molecule has 4 saturated heterocycles. The van der Waals surface area contributed by atoms with Crippen molar-refractivity contribution < 1.29 is 29.3 Å². The van der Waals surface area contributed by atoms with Gasteiger partial charge in [0.2, 0.25) is 0 Å². The predicted molar refractivity (Wildman–Crippen MR) is 120 cm³/mol. The van der Waals surface area contributed by atoms with E-state index in [0.29, 0.717) is 25.7 Å². The van der Waals surface area contributed by atoms with Gasteiger partial charge in [-0.2, -0.15) is 0 Å². The quantitative estimate of drug-likeness (QED) is 0.577. The topological polar surface area (TPSA) is 99.5 Å². The van der Waals surface area contributed by atoms with Crippen LogP contribution in [-0.2, 0) is 9.47 Å². The molecule has 0 spiro atoms. The van der Waals surface area contributed by atoms with Crippen LogP contribution < -0.4 is 0 Å². The van der Waals surface area contributed by atoms with Gasteiger partial charge in [-0.1, -0.05) is 0 Å². The normalized spacial score (nSPS) is 34.0. The summed E-state index contributed by atoms with van der Waals surface area (Å²) in [6.07, 6.45) is 5.91. The minimum atomic E-state index is -0.438. The molecule has 4 fully saturated rings. The van der Waals surface area contributed by atoms with Crippen molar-refractivity contribution in [2.75, 3.05) is 0 Å². The summed E-state index contributed by atoms with van der Waals surface area (Å²) >= 11 is 0. The van der Waals surface area contributed by atoms with Crippen molar-refractivity contribution >= 4 is 12.2 Å². The number of rotatable bonds is 0. The first-order valence-corrected chi connectivity index (χ1v) is 12.1. The lowest BCUT2D eigenvalue weighted by Crippen LogP contribution is -2.49. The third-order valence-corrected chi connectivity index (χ3v) is 6.63. The number of carbonyl (C=O) groups is 2. The van der Waals surface area contributed by atoms with E-state index in [1.54, 1.807) is 0 Å². The van der Waals surface area contributed by atoms with E-state index in [-0.39, 0.29) is 48.6 Å². The molecular formula is C24H42N2O6. The molecular weight excluding hydrogens is 412 g/mol. The van der Waals surface area contributed by atoms with Crippen LogP contribution in [0.3, 0.4) is 0 Å². The smallest absolute Gasteiger partial charge is 0.410 e. The number of piperidine rings is 2. The van der Waals surface area contributed by atoms with E-state index in [0.717, 1.165) is 25.7 Å². The van der Waals surface area contributed by atoms with Crippen LogP contribution in [0.5, 0.6) is 0 Å². The minimum absolute atomic E-state index is 0.184. The number of nitrogens with zero attached hydrogens (tertiary/aromatic N) is 2. The second-order valence-corrected chi connectivity index (χ2v) is 11.8. The molecule has 4 rings (SSSR count). The molecule has 0 saturated carbocycles. The summed E-state index contributed by atoms with van der Waals surface area (Å²) in [7, 11) is 0. The molecule has 32 heavy (non-hydrogen) atoms. The van der Waals surface area contributed by atoms with Crippen LogP contribution >= 0.6 is 0 Å². The molecule has 8 nitrogen and oxygen atoms in total. The molecule has 184 valence electrons. The molecule has 2 unspecified atom stereocenters. The van der Waals surface area contributed by atoms with E-state index < -0.39 is 11.2 Å². The first-order chi connectivity index (χ1) is 14.7. The van der Waals surface area contributed by atoms with Gasteiger partial charge in [0.15, 0.2) is 0 Å². The summed E-state index contributed by atoms with van der Waals surface area (Å²) in [6.45, 7) is 11.3. The third kappa shape index (κ3) is 6.28. The van der Waals surface area contributed by atoms with Gasteiger partial charge in [-0.15, -0.1) is 0 Å². The fourth-order valence-electron chi connectivity index (χ4n) is 5.52. The van der Waals surface area contributed by atoms with Gasteiger partial charge in [-0.05, 0) is 92.9 Å². The Hall–Kier alpha value is -1.54. The van der Waals surface area contributed by atoms with Crippen LogP contribution in [0.4, 0.5) is 9.59 Å². The monoisotopic (exact) mass is 454 g/mol. The highest BCUT2D eigenvalue weighted by atomic mass is 16.6. The SMILES string of the molecule is CC(C)(C)OC(=O)N1[C@@H]2CC[C@H]1CC(O)C2.CC(C)(C)OC(=O)N1[C@@H]2CC[C@H]1CC(O)C2. The summed E-state index contributed by atoms with van der Waals surface area (Å²) in [5, 5.41) is 19.3. The molecule has 0 aromatic carbocycles. The largest absolute Gasteiger partial charge is 0.444 e. The molecule has 0 aromatic heterocycles. The first kappa shape index (κ1) is 25.1. The molecule has 6 atom stereocenters. The Kier molecular flexibility index (Phi) is 7.35. The number of aliphatic hydroxyl groups is 2. The lowest BCUT2D eigenvalue weighted by molar-refractivity contribution is -0.0123. The second kappa shape index (κ2) is 9.37. The average molecular weight is 455 g/mol. The first-order valence-electron chi connectivity index (χ1n) is 12.1. The van der Waals surface area contributed by atoms with Crippen molar-refractivity contribution in [1.29, 1.82) is 0 Å². The van der Waals surface area contributed by atoms with Crippen LogP contribution in [0.25, 0.3) is 0 Å². The highest BCUT2D eigenvalue weighted by Crippen LogP contribution is 2.37. The third-order valence-electron chi connectivity index (χ3n) is 6.63. The van der Waals surface area contributed by atoms with Crippen LogP contribution in [0, 0.1) is 0 Å². The number of fused-ring (bicyclic) bond motifs is 4. The molecule has 4 aliphatic rings. The minimum Gasteiger partial charge on any atom is -0.444 e. The van der Waals surface area contributed by atoms with E-state index in [2.05, 4.69) is 0 Å². The molecule has 4 bridgehead atoms. The lowest BCUT2D eigenvalue weighted by atomic mass is 10.0. The van der Waals surface area contributed by atoms with Crippen molar-refractivity contribution in [2.45, 2.75) is 140 Å². The molecule has 0 radical (unpaired) electrons. The van der Waals surface area contributed by atoms with E-state index >= 15 is 0 Å². The molecule has 0 aromatic rings. The highest BCUT2D eigenvalue weighted by molar-refractivity contribution is 5.70. The predicted octanol–water partition coefficient (Wildman–Crippen LogP) is 3.82. The van der Waals surface area contributed by atoms with Gasteiger partial charge in [-0.25, -0.2) is 9.59 Å². The number of amides is 2. The van der Waals surface area contributed by atoms with Crippen LogP contribution in [0.2, 0.25) is 0 Å². The maximum atomic E-state index is 12.0. The summed E-state index contributed by atoms with van der Waals surface area (Å²) in [5.74, 6) is 0. The Balaban J connectivity index is 0.000000181. The van der Waals surface area contributed by atoms with E-state index in [9.17, 15) is 19.8 Å². The highest BCUT2D eigenvalue weighted by Gasteiger charge is 2.45. The van der Waals surface area contributed by atoms with Crippen molar-refractivity contribution in [2.24, 2.45) is 0 Å². The fourth-order valence-corrected chi connectivity index (χ4v) is 5.52. The summed E-state index contributed by atoms with van der Waals surface area (Å²) < 4.78 is 10.8. The van der Waals surface area contributed by atoms with Crippen molar-refractivity contribution in [3.63, 3.8) is 0 Å². The van der Waals surface area contributed by atoms with E-state index in [4.69, 9.17) is 9.47 Å².